The fraction of sp³-hybridized carbons (Fsp3) is 0. The summed E-state index contributed by atoms with van der Waals surface area (Å²) in [5.41, 5.74) is 1.29. The first kappa shape index (κ1) is 12.7. The number of hydrogen-bond acceptors (Lipinski definition) is 5. The van der Waals surface area contributed by atoms with Crippen molar-refractivity contribution in [2.45, 2.75) is 0 Å². The van der Waals surface area contributed by atoms with Crippen molar-refractivity contribution < 1.29 is 8.81 Å². The molecule has 3 aromatic rings. The van der Waals surface area contributed by atoms with Crippen molar-refractivity contribution in [3.63, 3.8) is 0 Å². The molecular weight excluding hydrogens is 327 g/mol. The first-order chi connectivity index (χ1) is 9.72. The molecule has 5 nitrogen and oxygen atoms in total. The maximum atomic E-state index is 13.4. The molecule has 3 rings (SSSR count). The van der Waals surface area contributed by atoms with Crippen LogP contribution in [0.3, 0.4) is 0 Å². The van der Waals surface area contributed by atoms with Crippen LogP contribution in [0.1, 0.15) is 0 Å². The van der Waals surface area contributed by atoms with Crippen molar-refractivity contribution in [2.75, 3.05) is 5.32 Å². The number of aromatic nitrogens is 3. The van der Waals surface area contributed by atoms with E-state index in [2.05, 4.69) is 36.4 Å². The summed E-state index contributed by atoms with van der Waals surface area (Å²) in [6.07, 6.45) is 3.27. The Morgan fingerprint density at radius 2 is 1.90 bits per heavy atom. The smallest absolute Gasteiger partial charge is 0.320 e. The quantitative estimate of drug-likeness (QED) is 0.789. The lowest BCUT2D eigenvalue weighted by Crippen LogP contribution is -1.91. The van der Waals surface area contributed by atoms with Gasteiger partial charge < -0.3 is 9.73 Å². The molecule has 7 heteroatoms. The second-order valence-corrected chi connectivity index (χ2v) is 4.76. The fourth-order valence-electron chi connectivity index (χ4n) is 1.58. The van der Waals surface area contributed by atoms with Gasteiger partial charge in [0.25, 0.3) is 0 Å². The third-order valence-corrected chi connectivity index (χ3v) is 3.17. The van der Waals surface area contributed by atoms with E-state index in [1.54, 1.807) is 36.7 Å². The van der Waals surface area contributed by atoms with E-state index in [0.717, 1.165) is 5.56 Å². The Morgan fingerprint density at radius 3 is 2.65 bits per heavy atom. The Bertz CT molecular complexity index is 732. The summed E-state index contributed by atoms with van der Waals surface area (Å²) < 4.78 is 19.2. The van der Waals surface area contributed by atoms with Crippen molar-refractivity contribution in [3.05, 3.63) is 53.0 Å². The van der Waals surface area contributed by atoms with E-state index in [9.17, 15) is 4.39 Å². The summed E-state index contributed by atoms with van der Waals surface area (Å²) in [6, 6.07) is 8.34. The number of nitrogens with zero attached hydrogens (tertiary/aromatic N) is 3. The Labute approximate surface area is 122 Å². The number of rotatable bonds is 3. The van der Waals surface area contributed by atoms with Crippen LogP contribution in [-0.4, -0.2) is 15.2 Å². The standard InChI is InChI=1S/C13H8BrFN4O/c14-10-2-1-9(7-11(10)15)17-13-19-18-12(20-13)8-3-5-16-6-4-8/h1-7H,(H,17,19). The van der Waals surface area contributed by atoms with Crippen molar-refractivity contribution in [1.29, 1.82) is 0 Å². The van der Waals surface area contributed by atoms with Crippen molar-refractivity contribution in [1.82, 2.24) is 15.2 Å². The van der Waals surface area contributed by atoms with Gasteiger partial charge in [-0.2, -0.15) is 0 Å². The molecule has 0 aliphatic rings. The molecule has 0 amide bonds. The maximum Gasteiger partial charge on any atom is 0.320 e. The molecule has 2 heterocycles. The minimum absolute atomic E-state index is 0.193. The molecule has 1 N–H and O–H groups in total. The summed E-state index contributed by atoms with van der Waals surface area (Å²) in [4.78, 5) is 3.91. The van der Waals surface area contributed by atoms with Gasteiger partial charge in [-0.3, -0.25) is 4.98 Å². The second-order valence-electron chi connectivity index (χ2n) is 3.90. The highest BCUT2D eigenvalue weighted by Gasteiger charge is 2.09. The minimum Gasteiger partial charge on any atom is -0.403 e. The molecule has 0 unspecified atom stereocenters. The van der Waals surface area contributed by atoms with Crippen LogP contribution in [0, 0.1) is 5.82 Å². The number of pyridine rings is 1. The van der Waals surface area contributed by atoms with E-state index >= 15 is 0 Å². The Hall–Kier alpha value is -2.28. The van der Waals surface area contributed by atoms with E-state index in [1.807, 2.05) is 0 Å². The van der Waals surface area contributed by atoms with Crippen LogP contribution in [-0.2, 0) is 0 Å². The summed E-state index contributed by atoms with van der Waals surface area (Å²) in [5.74, 6) is -0.00337. The van der Waals surface area contributed by atoms with Crippen LogP contribution >= 0.6 is 15.9 Å². The molecular formula is C13H8BrFN4O. The molecule has 0 bridgehead atoms. The van der Waals surface area contributed by atoms with Crippen LogP contribution in [0.2, 0.25) is 0 Å². The van der Waals surface area contributed by atoms with E-state index in [1.165, 1.54) is 6.07 Å². The molecule has 0 aliphatic carbocycles. The lowest BCUT2D eigenvalue weighted by molar-refractivity contribution is 0.587. The van der Waals surface area contributed by atoms with Gasteiger partial charge in [0.2, 0.25) is 5.89 Å². The molecule has 0 saturated heterocycles. The topological polar surface area (TPSA) is 63.8 Å². The second kappa shape index (κ2) is 5.38. The van der Waals surface area contributed by atoms with Crippen LogP contribution in [0.15, 0.2) is 51.6 Å². The zero-order valence-corrected chi connectivity index (χ0v) is 11.6. The molecule has 0 fully saturated rings. The van der Waals surface area contributed by atoms with Gasteiger partial charge >= 0.3 is 6.01 Å². The van der Waals surface area contributed by atoms with Crippen molar-refractivity contribution >= 4 is 27.6 Å². The van der Waals surface area contributed by atoms with E-state index in [4.69, 9.17) is 4.42 Å². The zero-order chi connectivity index (χ0) is 13.9. The van der Waals surface area contributed by atoms with Gasteiger partial charge in [-0.1, -0.05) is 5.10 Å². The predicted octanol–water partition coefficient (Wildman–Crippen LogP) is 3.78. The van der Waals surface area contributed by atoms with E-state index in [-0.39, 0.29) is 11.8 Å². The summed E-state index contributed by atoms with van der Waals surface area (Å²) in [5, 5.41) is 10.6. The van der Waals surface area contributed by atoms with Gasteiger partial charge in [0.05, 0.1) is 4.47 Å². The Balaban J connectivity index is 1.82. The van der Waals surface area contributed by atoms with E-state index < -0.39 is 0 Å². The number of nitrogens with one attached hydrogen (secondary N) is 1. The molecule has 0 spiro atoms. The summed E-state index contributed by atoms with van der Waals surface area (Å²) >= 11 is 3.09. The number of benzene rings is 1. The first-order valence-electron chi connectivity index (χ1n) is 5.68. The molecule has 0 radical (unpaired) electrons. The average molecular weight is 335 g/mol. The van der Waals surface area contributed by atoms with Crippen LogP contribution in [0.4, 0.5) is 16.1 Å². The number of hydrogen-bond donors (Lipinski definition) is 1. The van der Waals surface area contributed by atoms with Gasteiger partial charge in [0.1, 0.15) is 5.82 Å². The molecule has 1 aromatic carbocycles. The normalized spacial score (nSPS) is 10.5. The molecule has 0 atom stereocenters. The van der Waals surface area contributed by atoms with Gasteiger partial charge in [0, 0.05) is 23.6 Å². The summed E-state index contributed by atoms with van der Waals surface area (Å²) in [6.45, 7) is 0. The van der Waals surface area contributed by atoms with Crippen molar-refractivity contribution in [2.24, 2.45) is 0 Å². The first-order valence-corrected chi connectivity index (χ1v) is 6.47. The monoisotopic (exact) mass is 334 g/mol. The summed E-state index contributed by atoms with van der Waals surface area (Å²) in [7, 11) is 0. The maximum absolute atomic E-state index is 13.4. The molecule has 0 aliphatic heterocycles. The SMILES string of the molecule is Fc1cc(Nc2nnc(-c3ccncc3)o2)ccc1Br. The minimum atomic E-state index is -0.371. The predicted molar refractivity (Wildman–Crippen MR) is 74.9 cm³/mol. The van der Waals surface area contributed by atoms with E-state index in [0.29, 0.717) is 16.1 Å². The third kappa shape index (κ3) is 2.67. The largest absolute Gasteiger partial charge is 0.403 e. The molecule has 100 valence electrons. The lowest BCUT2D eigenvalue weighted by Gasteiger charge is -2.01. The molecule has 20 heavy (non-hydrogen) atoms. The Kier molecular flexibility index (Phi) is 3.42. The third-order valence-electron chi connectivity index (χ3n) is 2.52. The van der Waals surface area contributed by atoms with Gasteiger partial charge in [0.15, 0.2) is 0 Å². The highest BCUT2D eigenvalue weighted by Crippen LogP contribution is 2.24. The van der Waals surface area contributed by atoms with Gasteiger partial charge in [-0.15, -0.1) is 5.10 Å². The highest BCUT2D eigenvalue weighted by molar-refractivity contribution is 9.10. The molecule has 0 saturated carbocycles. The van der Waals surface area contributed by atoms with Crippen LogP contribution < -0.4 is 5.32 Å². The lowest BCUT2D eigenvalue weighted by atomic mass is 10.3. The fourth-order valence-corrected chi connectivity index (χ4v) is 1.83. The number of halogens is 2. The van der Waals surface area contributed by atoms with Gasteiger partial charge in [-0.05, 0) is 46.3 Å². The van der Waals surface area contributed by atoms with Crippen LogP contribution in [0.5, 0.6) is 0 Å². The Morgan fingerprint density at radius 1 is 1.10 bits per heavy atom. The van der Waals surface area contributed by atoms with Gasteiger partial charge in [-0.25, -0.2) is 4.39 Å². The van der Waals surface area contributed by atoms with Crippen molar-refractivity contribution in [3.8, 4) is 11.5 Å². The highest BCUT2D eigenvalue weighted by atomic mass is 79.9. The zero-order valence-electron chi connectivity index (χ0n) is 10.0. The average Bonchev–Trinajstić information content (AvgIpc) is 2.92. The molecule has 2 aromatic heterocycles. The van der Waals surface area contributed by atoms with Crippen LogP contribution in [0.25, 0.3) is 11.5 Å². The number of anilines is 2.